The highest BCUT2D eigenvalue weighted by Gasteiger charge is 2.10. The Hall–Kier alpha value is -3.61. The van der Waals surface area contributed by atoms with Crippen molar-refractivity contribution in [1.82, 2.24) is 9.97 Å². The molecule has 9 heteroatoms. The summed E-state index contributed by atoms with van der Waals surface area (Å²) in [5.74, 6) is 6.85. The third-order valence-corrected chi connectivity index (χ3v) is 5.37. The minimum absolute atomic E-state index is 0.0862. The number of aliphatic hydroxyl groups excluding tert-OH is 1. The van der Waals surface area contributed by atoms with Gasteiger partial charge in [0.1, 0.15) is 11.6 Å². The van der Waals surface area contributed by atoms with Gasteiger partial charge in [-0.1, -0.05) is 17.9 Å². The zero-order valence-corrected chi connectivity index (χ0v) is 17.9. The molecule has 0 bridgehead atoms. The largest absolute Gasteiger partial charge is 0.508 e. The lowest BCUT2D eigenvalue weighted by Gasteiger charge is -2.14. The second-order valence-electron chi connectivity index (χ2n) is 6.98. The Balaban J connectivity index is 1.88. The van der Waals surface area contributed by atoms with Gasteiger partial charge in [0, 0.05) is 28.4 Å². The Morgan fingerprint density at radius 1 is 1.19 bits per heavy atom. The molecule has 3 rings (SSSR count). The zero-order valence-electron chi connectivity index (χ0n) is 17.1. The topological polar surface area (TPSA) is 131 Å². The number of benzene rings is 2. The van der Waals surface area contributed by atoms with Crippen molar-refractivity contribution < 1.29 is 14.4 Å². The molecule has 0 amide bonds. The van der Waals surface area contributed by atoms with Crippen LogP contribution in [0.5, 0.6) is 5.75 Å². The number of nitrogens with zero attached hydrogens (tertiary/aromatic N) is 2. The highest BCUT2D eigenvalue weighted by atomic mass is 32.2. The lowest BCUT2D eigenvalue weighted by Crippen LogP contribution is -2.21. The van der Waals surface area contributed by atoms with E-state index in [0.29, 0.717) is 33.5 Å². The molecule has 160 valence electrons. The molecule has 5 N–H and O–H groups in total. The van der Waals surface area contributed by atoms with E-state index in [1.54, 1.807) is 54.7 Å². The van der Waals surface area contributed by atoms with Gasteiger partial charge in [-0.2, -0.15) is 4.98 Å². The molecule has 0 aliphatic rings. The number of anilines is 3. The molecule has 3 aromatic rings. The van der Waals surface area contributed by atoms with Crippen molar-refractivity contribution in [2.75, 3.05) is 23.5 Å². The zero-order chi connectivity index (χ0) is 22.4. The number of aromatic nitrogens is 2. The van der Waals surface area contributed by atoms with Crippen LogP contribution in [0.2, 0.25) is 0 Å². The summed E-state index contributed by atoms with van der Waals surface area (Å²) in [6.45, 7) is 1.72. The van der Waals surface area contributed by atoms with Gasteiger partial charge in [-0.25, -0.2) is 14.0 Å². The first-order valence-electron chi connectivity index (χ1n) is 9.41. The Bertz CT molecular complexity index is 1230. The second kappa shape index (κ2) is 9.47. The van der Waals surface area contributed by atoms with E-state index in [9.17, 15) is 14.4 Å². The lowest BCUT2D eigenvalue weighted by molar-refractivity contribution is 0.281. The van der Waals surface area contributed by atoms with Crippen molar-refractivity contribution in [3.05, 3.63) is 65.9 Å². The maximum atomic E-state index is 11.8. The van der Waals surface area contributed by atoms with Gasteiger partial charge in [0.25, 0.3) is 0 Å². The Kier molecular flexibility index (Phi) is 6.74. The van der Waals surface area contributed by atoms with Gasteiger partial charge in [0.15, 0.2) is 0 Å². The predicted octanol–water partition coefficient (Wildman–Crippen LogP) is 3.15. The first-order chi connectivity index (χ1) is 14.7. The van der Waals surface area contributed by atoms with Gasteiger partial charge in [-0.3, -0.25) is 0 Å². The molecule has 2 atom stereocenters. The van der Waals surface area contributed by atoms with Crippen molar-refractivity contribution in [1.29, 1.82) is 4.78 Å². The Labute approximate surface area is 181 Å². The van der Waals surface area contributed by atoms with E-state index in [1.807, 2.05) is 6.92 Å². The van der Waals surface area contributed by atoms with E-state index >= 15 is 0 Å². The van der Waals surface area contributed by atoms with Crippen molar-refractivity contribution in [2.24, 2.45) is 0 Å². The van der Waals surface area contributed by atoms with Crippen LogP contribution in [0.4, 0.5) is 17.5 Å². The van der Waals surface area contributed by atoms with Crippen LogP contribution in [0.3, 0.4) is 0 Å². The Morgan fingerprint density at radius 3 is 2.58 bits per heavy atom. The van der Waals surface area contributed by atoms with Crippen molar-refractivity contribution in [2.45, 2.75) is 17.9 Å². The molecular weight excluding hydrogens is 414 g/mol. The first-order valence-corrected chi connectivity index (χ1v) is 11.4. The molecule has 31 heavy (non-hydrogen) atoms. The Morgan fingerprint density at radius 2 is 1.94 bits per heavy atom. The van der Waals surface area contributed by atoms with E-state index in [1.165, 1.54) is 6.26 Å². The van der Waals surface area contributed by atoms with E-state index in [2.05, 4.69) is 32.4 Å². The maximum absolute atomic E-state index is 11.8. The molecule has 1 heterocycles. The number of phenols is 1. The molecule has 8 nitrogen and oxygen atoms in total. The quantitative estimate of drug-likeness (QED) is 0.374. The number of aromatic hydroxyl groups is 1. The van der Waals surface area contributed by atoms with Crippen LogP contribution in [-0.2, 0) is 9.73 Å². The van der Waals surface area contributed by atoms with Crippen LogP contribution in [0.1, 0.15) is 18.1 Å². The minimum Gasteiger partial charge on any atom is -0.508 e. The SMILES string of the molecule is C[C@H](CO)Nc1nc(Nc2ccc(S(C)(=N)=O)cc2)ncc1C#Cc1cccc(O)c1. The molecule has 0 aliphatic heterocycles. The van der Waals surface area contributed by atoms with Gasteiger partial charge in [0.05, 0.1) is 28.1 Å². The third-order valence-electron chi connectivity index (χ3n) is 4.19. The predicted molar refractivity (Wildman–Crippen MR) is 121 cm³/mol. The summed E-state index contributed by atoms with van der Waals surface area (Å²) in [6.07, 6.45) is 2.93. The summed E-state index contributed by atoms with van der Waals surface area (Å²) in [7, 11) is -2.78. The summed E-state index contributed by atoms with van der Waals surface area (Å²) in [5, 5.41) is 25.2. The number of rotatable bonds is 6. The number of phenolic OH excluding ortho intramolecular Hbond substituents is 1. The second-order valence-corrected chi connectivity index (χ2v) is 9.14. The van der Waals surface area contributed by atoms with Crippen LogP contribution >= 0.6 is 0 Å². The van der Waals surface area contributed by atoms with Crippen molar-refractivity contribution in [3.63, 3.8) is 0 Å². The van der Waals surface area contributed by atoms with Crippen molar-refractivity contribution >= 4 is 27.2 Å². The average Bonchev–Trinajstić information content (AvgIpc) is 2.73. The smallest absolute Gasteiger partial charge is 0.229 e. The fourth-order valence-corrected chi connectivity index (χ4v) is 3.23. The van der Waals surface area contributed by atoms with Gasteiger partial charge in [0.2, 0.25) is 5.95 Å². The van der Waals surface area contributed by atoms with E-state index in [4.69, 9.17) is 4.78 Å². The molecular formula is C22H23N5O3S. The first kappa shape index (κ1) is 22.1. The van der Waals surface area contributed by atoms with E-state index in [-0.39, 0.29) is 18.4 Å². The third kappa shape index (κ3) is 6.18. The summed E-state index contributed by atoms with van der Waals surface area (Å²) < 4.78 is 19.5. The molecule has 0 spiro atoms. The molecule has 0 saturated carbocycles. The van der Waals surface area contributed by atoms with Crippen LogP contribution in [0.25, 0.3) is 0 Å². The van der Waals surface area contributed by atoms with Crippen LogP contribution in [0, 0.1) is 16.6 Å². The molecule has 0 saturated heterocycles. The van der Waals surface area contributed by atoms with E-state index in [0.717, 1.165) is 0 Å². The number of aliphatic hydroxyl groups is 1. The highest BCUT2D eigenvalue weighted by Crippen LogP contribution is 2.20. The molecule has 1 unspecified atom stereocenters. The minimum atomic E-state index is -2.78. The molecule has 0 radical (unpaired) electrons. The van der Waals surface area contributed by atoms with Gasteiger partial charge >= 0.3 is 0 Å². The normalized spacial score (nSPS) is 13.4. The fraction of sp³-hybridized carbons (Fsp3) is 0.182. The molecule has 1 aromatic heterocycles. The van der Waals surface area contributed by atoms with Gasteiger partial charge in [-0.15, -0.1) is 0 Å². The molecule has 0 aliphatic carbocycles. The maximum Gasteiger partial charge on any atom is 0.229 e. The standard InChI is InChI=1S/C22H23N5O3S/c1-15(14-28)25-21-17(7-6-16-4-3-5-19(29)12-16)13-24-22(27-21)26-18-8-10-20(11-9-18)31(2,23)30/h3-5,8-13,15,23,28-29H,14H2,1-2H3,(H2,24,25,26,27)/t15-,31?/m1/s1. The molecule has 0 fully saturated rings. The summed E-state index contributed by atoms with van der Waals surface area (Å²) in [4.78, 5) is 9.21. The van der Waals surface area contributed by atoms with Crippen LogP contribution < -0.4 is 10.6 Å². The van der Waals surface area contributed by atoms with Crippen molar-refractivity contribution in [3.8, 4) is 17.6 Å². The highest BCUT2D eigenvalue weighted by molar-refractivity contribution is 7.91. The van der Waals surface area contributed by atoms with Crippen LogP contribution in [0.15, 0.2) is 59.6 Å². The monoisotopic (exact) mass is 437 g/mol. The number of nitrogens with one attached hydrogen (secondary N) is 3. The number of hydrogen-bond donors (Lipinski definition) is 5. The summed E-state index contributed by atoms with van der Waals surface area (Å²) in [5.41, 5.74) is 1.85. The average molecular weight is 438 g/mol. The summed E-state index contributed by atoms with van der Waals surface area (Å²) in [6, 6.07) is 13.0. The fourth-order valence-electron chi connectivity index (χ4n) is 2.57. The summed E-state index contributed by atoms with van der Waals surface area (Å²) >= 11 is 0. The van der Waals surface area contributed by atoms with Crippen LogP contribution in [-0.4, -0.2) is 43.3 Å². The molecule has 2 aromatic carbocycles. The number of hydrogen-bond acceptors (Lipinski definition) is 8. The lowest BCUT2D eigenvalue weighted by atomic mass is 10.2. The van der Waals surface area contributed by atoms with Gasteiger partial charge < -0.3 is 20.8 Å². The van der Waals surface area contributed by atoms with Gasteiger partial charge in [-0.05, 0) is 49.4 Å². The van der Waals surface area contributed by atoms with E-state index < -0.39 is 9.73 Å².